The van der Waals surface area contributed by atoms with Crippen LogP contribution in [0.5, 0.6) is 0 Å². The van der Waals surface area contributed by atoms with Gasteiger partial charge in [0.05, 0.1) is 11.8 Å². The number of nitrogens with one attached hydrogen (secondary N) is 2. The molecule has 3 saturated carbocycles. The van der Waals surface area contributed by atoms with E-state index in [2.05, 4.69) is 55.1 Å². The number of hydrogen-bond donors (Lipinski definition) is 8. The van der Waals surface area contributed by atoms with E-state index in [0.29, 0.717) is 42.0 Å². The maximum absolute atomic E-state index is 16.9. The predicted octanol–water partition coefficient (Wildman–Crippen LogP) is 6.59. The van der Waals surface area contributed by atoms with E-state index in [1.807, 2.05) is 67.6 Å². The molecule has 1 saturated heterocycles. The van der Waals surface area contributed by atoms with Gasteiger partial charge in [0.1, 0.15) is 18.2 Å². The number of likely N-dealkylation sites (N-methyl/N-ethyl adjacent to an activating group) is 1. The molecule has 2 aromatic carbocycles. The Morgan fingerprint density at radius 2 is 1.73 bits per heavy atom. The van der Waals surface area contributed by atoms with Crippen molar-refractivity contribution in [2.75, 3.05) is 50.5 Å². The standard InChI is InChI=1S/C29H31N7O.C22H29FO5.C5H11NO2S/c1-21-5-10-25(18-27(21)34-29-31-13-11-26(33-29)24-4-3-12-30-19-24)32-28(37)23-8-6-22(7-9-23)20-36-16-14-35(2)15-17-36;1-12-8-16-15-5-4-13-9-14(25)6-7-19(13,2)21(15,23)17(26)10-20(16,3)22(12,28)18(27)11-24;1-5(2,9)3(6)4(7)8/h3-13,18-19H,14-17,20H2,1-2H3,(H,32,37)(H,31,33,34);6-7,9,12,15-17,24,26,28H,4-5,8,10-11H2,1-3H3;3,9H,6H2,1-2H3,(H,7,8)/t;12-,15+,16+,17+,19+,20+,21+,22+;3-/m.10/s1. The van der Waals surface area contributed by atoms with Crippen LogP contribution < -0.4 is 16.4 Å². The van der Waals surface area contributed by atoms with Gasteiger partial charge in [-0.1, -0.05) is 43.7 Å². The van der Waals surface area contributed by atoms with Crippen molar-refractivity contribution in [3.63, 3.8) is 0 Å². The minimum absolute atomic E-state index is 0.0676. The zero-order valence-corrected chi connectivity index (χ0v) is 44.2. The number of aliphatic hydroxyl groups is 3. The largest absolute Gasteiger partial charge is 0.480 e. The first-order valence-corrected chi connectivity index (χ1v) is 25.6. The van der Waals surface area contributed by atoms with Gasteiger partial charge >= 0.3 is 5.97 Å². The van der Waals surface area contributed by atoms with Crippen molar-refractivity contribution in [1.82, 2.24) is 24.8 Å². The van der Waals surface area contributed by atoms with Crippen LogP contribution in [0.4, 0.5) is 21.7 Å². The van der Waals surface area contributed by atoms with E-state index in [0.717, 1.165) is 55.2 Å². The fraction of sp³-hybridized carbons (Fsp3) is 0.482. The van der Waals surface area contributed by atoms with Crippen molar-refractivity contribution < 1.29 is 44.0 Å². The summed E-state index contributed by atoms with van der Waals surface area (Å²) in [6.45, 7) is 15.0. The number of aromatic nitrogens is 3. The summed E-state index contributed by atoms with van der Waals surface area (Å²) in [7, 11) is 2.16. The number of carboxylic acid groups (broad SMARTS) is 1. The van der Waals surface area contributed by atoms with Crippen LogP contribution >= 0.6 is 12.6 Å². The van der Waals surface area contributed by atoms with Crippen LogP contribution in [0.1, 0.15) is 81.8 Å². The number of Topliss-reactive ketones (excluding diaryl/α,β-unsaturated/α-hetero) is 1. The first kappa shape index (κ1) is 56.0. The molecule has 16 nitrogen and oxygen atoms in total. The number of nitrogens with zero attached hydrogens (tertiary/aromatic N) is 5. The molecule has 0 radical (unpaired) electrons. The molecule has 396 valence electrons. The Hall–Kier alpha value is -5.73. The summed E-state index contributed by atoms with van der Waals surface area (Å²) in [5, 5.41) is 46.6. The lowest BCUT2D eigenvalue weighted by molar-refractivity contribution is -0.219. The number of alkyl halides is 1. The van der Waals surface area contributed by atoms with E-state index in [1.165, 1.54) is 17.7 Å². The number of amides is 1. The molecule has 1 amide bonds. The van der Waals surface area contributed by atoms with Crippen molar-refractivity contribution in [3.8, 4) is 11.3 Å². The van der Waals surface area contributed by atoms with Gasteiger partial charge in [-0.15, -0.1) is 0 Å². The number of ketones is 2. The lowest BCUT2D eigenvalue weighted by atomic mass is 9.44. The summed E-state index contributed by atoms with van der Waals surface area (Å²) < 4.78 is 16.2. The number of allylic oxidation sites excluding steroid dienone is 4. The molecule has 4 aromatic rings. The van der Waals surface area contributed by atoms with Crippen LogP contribution in [0.25, 0.3) is 11.3 Å². The van der Waals surface area contributed by atoms with Gasteiger partial charge in [-0.05, 0) is 138 Å². The van der Waals surface area contributed by atoms with Crippen LogP contribution in [0.2, 0.25) is 0 Å². The highest BCUT2D eigenvalue weighted by molar-refractivity contribution is 7.81. The smallest absolute Gasteiger partial charge is 0.321 e. The number of carboxylic acids is 1. The van der Waals surface area contributed by atoms with E-state index in [1.54, 1.807) is 59.3 Å². The monoisotopic (exact) mass is 1030 g/mol. The molecule has 74 heavy (non-hydrogen) atoms. The average molecular weight is 1040 g/mol. The molecule has 2 aromatic heterocycles. The van der Waals surface area contributed by atoms with Crippen molar-refractivity contribution in [2.24, 2.45) is 34.3 Å². The molecule has 3 heterocycles. The molecule has 8 N–H and O–H groups in total. The maximum atomic E-state index is 16.9. The van der Waals surface area contributed by atoms with Gasteiger partial charge in [-0.2, -0.15) is 12.6 Å². The van der Waals surface area contributed by atoms with Gasteiger partial charge < -0.3 is 41.7 Å². The van der Waals surface area contributed by atoms with E-state index in [-0.39, 0.29) is 24.0 Å². The quantitative estimate of drug-likeness (QED) is 0.0739. The molecule has 9 atom stereocenters. The number of fused-ring (bicyclic) bond motifs is 5. The minimum atomic E-state index is -1.98. The highest BCUT2D eigenvalue weighted by Gasteiger charge is 2.75. The van der Waals surface area contributed by atoms with Gasteiger partial charge in [0.2, 0.25) is 5.95 Å². The van der Waals surface area contributed by atoms with E-state index < -0.39 is 69.2 Å². The Morgan fingerprint density at radius 3 is 2.35 bits per heavy atom. The maximum Gasteiger partial charge on any atom is 0.321 e. The van der Waals surface area contributed by atoms with Crippen LogP contribution in [0.15, 0.2) is 103 Å². The Kier molecular flexibility index (Phi) is 16.8. The second-order valence-electron chi connectivity index (χ2n) is 21.6. The molecule has 4 aliphatic carbocycles. The number of halogens is 1. The molecule has 1 aliphatic heterocycles. The number of aliphatic carboxylic acids is 1. The lowest BCUT2D eigenvalue weighted by Gasteiger charge is -2.62. The molecule has 0 bridgehead atoms. The molecule has 18 heteroatoms. The Balaban J connectivity index is 0.000000191. The zero-order valence-electron chi connectivity index (χ0n) is 43.3. The molecular formula is C56H71FN8O8S. The number of hydrogen-bond acceptors (Lipinski definition) is 15. The van der Waals surface area contributed by atoms with Crippen molar-refractivity contribution >= 4 is 53.4 Å². The highest BCUT2D eigenvalue weighted by atomic mass is 32.1. The SMILES string of the molecule is CC(C)(S)[C@@H](N)C(=O)O.C[C@@H]1C[C@H]2[C@@H]3CCC4=CC(=O)C=C[C@]4(C)[C@@]3(F)[C@@H](O)C[C@]2(C)[C@@]1(O)C(=O)CO.Cc1ccc(NC(=O)c2ccc(CN3CCN(C)CC3)cc2)cc1Nc1nccc(-c2cccnc2)n1. The number of anilines is 3. The van der Waals surface area contributed by atoms with Crippen molar-refractivity contribution in [3.05, 3.63) is 120 Å². The number of benzene rings is 2. The highest BCUT2D eigenvalue weighted by Crippen LogP contribution is 2.70. The number of thiol groups is 1. The lowest BCUT2D eigenvalue weighted by Crippen LogP contribution is -2.69. The number of piperazine rings is 1. The number of pyridine rings is 1. The van der Waals surface area contributed by atoms with Gasteiger partial charge in [0.15, 0.2) is 17.2 Å². The normalized spacial score (nSPS) is 28.9. The minimum Gasteiger partial charge on any atom is -0.480 e. The summed E-state index contributed by atoms with van der Waals surface area (Å²) in [5.74, 6) is -2.80. The first-order chi connectivity index (χ1) is 34.8. The summed E-state index contributed by atoms with van der Waals surface area (Å²) in [5.41, 5.74) is 6.13. The number of rotatable bonds is 11. The Bertz CT molecular complexity index is 2770. The number of nitrogens with two attached hydrogens (primary N) is 1. The first-order valence-electron chi connectivity index (χ1n) is 25.2. The van der Waals surface area contributed by atoms with Gasteiger partial charge in [-0.3, -0.25) is 29.1 Å². The summed E-state index contributed by atoms with van der Waals surface area (Å²) >= 11 is 3.98. The fourth-order valence-electron chi connectivity index (χ4n) is 11.8. The van der Waals surface area contributed by atoms with Gasteiger partial charge in [0.25, 0.3) is 5.91 Å². The molecule has 4 fully saturated rings. The summed E-state index contributed by atoms with van der Waals surface area (Å²) in [4.78, 5) is 65.4. The molecule has 5 aliphatic rings. The molecular weight excluding hydrogens is 964 g/mol. The topological polar surface area (TPSA) is 244 Å². The van der Waals surface area contributed by atoms with E-state index in [4.69, 9.17) is 10.8 Å². The van der Waals surface area contributed by atoms with Crippen molar-refractivity contribution in [2.45, 2.75) is 102 Å². The second kappa shape index (κ2) is 22.2. The van der Waals surface area contributed by atoms with E-state index in [9.17, 15) is 34.5 Å². The van der Waals surface area contributed by atoms with Crippen molar-refractivity contribution in [1.29, 1.82) is 0 Å². The third-order valence-corrected chi connectivity index (χ3v) is 16.7. The van der Waals surface area contributed by atoms with Crippen LogP contribution in [-0.2, 0) is 20.9 Å². The van der Waals surface area contributed by atoms with E-state index >= 15 is 4.39 Å². The third-order valence-electron chi connectivity index (χ3n) is 16.4. The average Bonchev–Trinajstić information content (AvgIpc) is 3.57. The number of aryl methyl sites for hydroxylation is 1. The fourth-order valence-corrected chi connectivity index (χ4v) is 12.0. The molecule has 0 unspecified atom stereocenters. The van der Waals surface area contributed by atoms with Gasteiger partial charge in [-0.25, -0.2) is 14.4 Å². The summed E-state index contributed by atoms with van der Waals surface area (Å²) in [6, 6.07) is 18.4. The van der Waals surface area contributed by atoms with Crippen LogP contribution in [-0.4, -0.2) is 137 Å². The summed E-state index contributed by atoms with van der Waals surface area (Å²) in [6.07, 6.45) is 9.66. The number of carbonyl (C=O) groups excluding carboxylic acids is 3. The third kappa shape index (κ3) is 11.1. The second-order valence-corrected chi connectivity index (χ2v) is 22.8. The predicted molar refractivity (Wildman–Crippen MR) is 286 cm³/mol. The Labute approximate surface area is 438 Å². The number of aliphatic hydroxyl groups excluding tert-OH is 2. The Morgan fingerprint density at radius 1 is 1.03 bits per heavy atom. The number of carbonyl (C=O) groups is 4. The molecule has 9 rings (SSSR count). The van der Waals surface area contributed by atoms with Crippen LogP contribution in [0.3, 0.4) is 0 Å². The zero-order chi connectivity index (χ0) is 54.0. The van der Waals surface area contributed by atoms with Crippen LogP contribution in [0, 0.1) is 35.5 Å². The van der Waals surface area contributed by atoms with Gasteiger partial charge in [0, 0.05) is 95.3 Å². The molecule has 0 spiro atoms.